The number of benzene rings is 1. The molecule has 2 amide bonds. The Morgan fingerprint density at radius 2 is 1.79 bits per heavy atom. The first-order chi connectivity index (χ1) is 11.4. The van der Waals surface area contributed by atoms with Crippen molar-refractivity contribution in [2.45, 2.75) is 59.0 Å². The van der Waals surface area contributed by atoms with Crippen molar-refractivity contribution in [3.05, 3.63) is 35.4 Å². The number of hydrogen-bond donors (Lipinski definition) is 2. The first-order valence-corrected chi connectivity index (χ1v) is 8.71. The lowest BCUT2D eigenvalue weighted by molar-refractivity contribution is -0.719. The van der Waals surface area contributed by atoms with Crippen molar-refractivity contribution in [2.24, 2.45) is 5.92 Å². The number of aryl methyl sites for hydroxylation is 1. The van der Waals surface area contributed by atoms with E-state index in [4.69, 9.17) is 0 Å². The Morgan fingerprint density at radius 1 is 1.17 bits per heavy atom. The number of unbranched alkanes of at least 4 members (excludes halogenated alkanes) is 1. The first-order valence-electron chi connectivity index (χ1n) is 8.71. The number of imide groups is 1. The third-order valence-electron chi connectivity index (χ3n) is 4.22. The van der Waals surface area contributed by atoms with Crippen LogP contribution in [0.15, 0.2) is 24.3 Å². The van der Waals surface area contributed by atoms with Gasteiger partial charge in [-0.2, -0.15) is 0 Å². The fraction of sp³-hybridized carbons (Fsp3) is 0.579. The van der Waals surface area contributed by atoms with E-state index in [1.54, 1.807) is 6.92 Å². The molecule has 0 bridgehead atoms. The average Bonchev–Trinajstić information content (AvgIpc) is 2.57. The van der Waals surface area contributed by atoms with Gasteiger partial charge in [0.1, 0.15) is 6.04 Å². The van der Waals surface area contributed by atoms with Crippen molar-refractivity contribution >= 4 is 12.0 Å². The predicted octanol–water partition coefficient (Wildman–Crippen LogP) is 2.56. The average molecular weight is 335 g/mol. The van der Waals surface area contributed by atoms with E-state index in [9.17, 15) is 9.59 Å². The molecule has 0 saturated heterocycles. The molecule has 0 fully saturated rings. The highest BCUT2D eigenvalue weighted by Gasteiger charge is 2.26. The lowest BCUT2D eigenvalue weighted by Crippen LogP contribution is -2.93. The monoisotopic (exact) mass is 335 g/mol. The summed E-state index contributed by atoms with van der Waals surface area (Å²) in [5.74, 6) is 0.0203. The molecule has 0 saturated carbocycles. The van der Waals surface area contributed by atoms with Crippen LogP contribution in [0.25, 0.3) is 0 Å². The summed E-state index contributed by atoms with van der Waals surface area (Å²) in [6, 6.07) is 8.43. The van der Waals surface area contributed by atoms with Crippen LogP contribution < -0.4 is 10.6 Å². The van der Waals surface area contributed by atoms with E-state index in [0.29, 0.717) is 5.92 Å². The van der Waals surface area contributed by atoms with Crippen LogP contribution in [0.4, 0.5) is 4.79 Å². The Kier molecular flexibility index (Phi) is 8.47. The zero-order chi connectivity index (χ0) is 18.1. The zero-order valence-corrected chi connectivity index (χ0v) is 15.5. The van der Waals surface area contributed by atoms with Crippen molar-refractivity contribution < 1.29 is 19.6 Å². The largest absolute Gasteiger partial charge is 0.453 e. The van der Waals surface area contributed by atoms with Crippen LogP contribution in [0.2, 0.25) is 0 Å². The van der Waals surface area contributed by atoms with Gasteiger partial charge in [-0.15, -0.1) is 0 Å². The van der Waals surface area contributed by atoms with Gasteiger partial charge >= 0.3 is 6.09 Å². The summed E-state index contributed by atoms with van der Waals surface area (Å²) >= 11 is 0. The maximum atomic E-state index is 12.0. The molecule has 0 unspecified atom stereocenters. The lowest BCUT2D eigenvalue weighted by atomic mass is 9.94. The van der Waals surface area contributed by atoms with Crippen LogP contribution in [0.1, 0.15) is 57.7 Å². The molecule has 0 radical (unpaired) electrons. The van der Waals surface area contributed by atoms with Gasteiger partial charge in [0.25, 0.3) is 5.91 Å². The number of nitrogens with one attached hydrogen (secondary N) is 1. The molecule has 0 aliphatic rings. The number of carbonyl (C=O) groups excluding carboxylic acids is 2. The number of quaternary nitrogens is 1. The number of ether oxygens (including phenoxy) is 1. The third-order valence-corrected chi connectivity index (χ3v) is 4.22. The fourth-order valence-electron chi connectivity index (χ4n) is 2.67. The summed E-state index contributed by atoms with van der Waals surface area (Å²) in [6.45, 7) is 8.26. The van der Waals surface area contributed by atoms with Gasteiger partial charge in [0, 0.05) is 11.5 Å². The Bertz CT molecular complexity index is 526. The number of hydrogen-bond acceptors (Lipinski definition) is 3. The minimum absolute atomic E-state index is 0.156. The van der Waals surface area contributed by atoms with E-state index in [1.165, 1.54) is 31.1 Å². The highest BCUT2D eigenvalue weighted by molar-refractivity contribution is 5.93. The first kappa shape index (κ1) is 20.2. The Hall–Kier alpha value is -1.88. The SMILES string of the molecule is CCCCc1ccc([C@@H]([NH2+][C@@H](C)C(=O)NC(=O)OC)C(C)C)cc1. The molecule has 1 rings (SSSR count). The van der Waals surface area contributed by atoms with Crippen molar-refractivity contribution in [2.75, 3.05) is 7.11 Å². The molecule has 0 heterocycles. The predicted molar refractivity (Wildman–Crippen MR) is 94.6 cm³/mol. The quantitative estimate of drug-likeness (QED) is 0.767. The molecular formula is C19H31N2O3+. The summed E-state index contributed by atoms with van der Waals surface area (Å²) in [6.07, 6.45) is 2.77. The minimum Gasteiger partial charge on any atom is -0.453 e. The van der Waals surface area contributed by atoms with Gasteiger partial charge in [-0.25, -0.2) is 4.79 Å². The molecule has 3 N–H and O–H groups in total. The summed E-state index contributed by atoms with van der Waals surface area (Å²) in [5.41, 5.74) is 2.54. The van der Waals surface area contributed by atoms with Gasteiger partial charge in [-0.05, 0) is 25.3 Å². The topological polar surface area (TPSA) is 72.0 Å². The minimum atomic E-state index is -0.721. The Balaban J connectivity index is 2.76. The molecule has 134 valence electrons. The molecule has 0 aromatic heterocycles. The Labute approximate surface area is 145 Å². The standard InChI is InChI=1S/C19H30N2O3/c1-6-7-8-15-9-11-16(12-10-15)17(13(2)3)20-14(4)18(22)21-19(23)24-5/h9-14,17,20H,6-8H2,1-5H3,(H,21,22,23)/p+1/t14-,17-/m0/s1. The van der Waals surface area contributed by atoms with Crippen molar-refractivity contribution in [3.63, 3.8) is 0 Å². The molecule has 1 aromatic rings. The van der Waals surface area contributed by atoms with Gasteiger partial charge in [0.05, 0.1) is 7.11 Å². The summed E-state index contributed by atoms with van der Waals surface area (Å²) in [7, 11) is 1.24. The molecule has 5 heteroatoms. The lowest BCUT2D eigenvalue weighted by Gasteiger charge is -2.23. The van der Waals surface area contributed by atoms with Gasteiger partial charge in [0.2, 0.25) is 0 Å². The highest BCUT2D eigenvalue weighted by Crippen LogP contribution is 2.19. The van der Waals surface area contributed by atoms with Gasteiger partial charge in [-0.1, -0.05) is 51.5 Å². The van der Waals surface area contributed by atoms with E-state index >= 15 is 0 Å². The summed E-state index contributed by atoms with van der Waals surface area (Å²) in [5, 5.41) is 4.23. The van der Waals surface area contributed by atoms with Gasteiger partial charge < -0.3 is 10.1 Å². The number of carbonyl (C=O) groups is 2. The van der Waals surface area contributed by atoms with Crippen LogP contribution in [-0.4, -0.2) is 25.2 Å². The fourth-order valence-corrected chi connectivity index (χ4v) is 2.67. The van der Waals surface area contributed by atoms with Crippen molar-refractivity contribution in [1.82, 2.24) is 5.32 Å². The second-order valence-corrected chi connectivity index (χ2v) is 6.58. The number of rotatable bonds is 8. The summed E-state index contributed by atoms with van der Waals surface area (Å²) in [4.78, 5) is 23.2. The third kappa shape index (κ3) is 6.32. The maximum absolute atomic E-state index is 12.0. The van der Waals surface area contributed by atoms with Crippen molar-refractivity contribution in [1.29, 1.82) is 0 Å². The van der Waals surface area contributed by atoms with Gasteiger partial charge in [0.15, 0.2) is 6.04 Å². The summed E-state index contributed by atoms with van der Waals surface area (Å²) < 4.78 is 4.47. The van der Waals surface area contributed by atoms with E-state index in [-0.39, 0.29) is 18.0 Å². The molecule has 0 aliphatic heterocycles. The molecule has 0 spiro atoms. The normalized spacial score (nSPS) is 13.4. The molecule has 2 atom stereocenters. The Morgan fingerprint density at radius 3 is 2.29 bits per heavy atom. The van der Waals surface area contributed by atoms with Crippen LogP contribution >= 0.6 is 0 Å². The van der Waals surface area contributed by atoms with Crippen LogP contribution in [-0.2, 0) is 16.0 Å². The second kappa shape index (κ2) is 10.1. The molecule has 24 heavy (non-hydrogen) atoms. The highest BCUT2D eigenvalue weighted by atomic mass is 16.5. The van der Waals surface area contributed by atoms with Crippen LogP contribution in [0, 0.1) is 5.92 Å². The van der Waals surface area contributed by atoms with Crippen LogP contribution in [0.5, 0.6) is 0 Å². The smallest absolute Gasteiger partial charge is 0.413 e. The number of nitrogens with two attached hydrogens (primary N) is 1. The van der Waals surface area contributed by atoms with Gasteiger partial charge in [-0.3, -0.25) is 10.1 Å². The second-order valence-electron chi connectivity index (χ2n) is 6.58. The number of alkyl carbamates (subject to hydrolysis) is 1. The number of amides is 2. The molecule has 0 aliphatic carbocycles. The maximum Gasteiger partial charge on any atom is 0.413 e. The molecule has 5 nitrogen and oxygen atoms in total. The van der Waals surface area contributed by atoms with E-state index in [1.807, 2.05) is 5.32 Å². The zero-order valence-electron chi connectivity index (χ0n) is 15.5. The van der Waals surface area contributed by atoms with E-state index in [2.05, 4.69) is 55.1 Å². The van der Waals surface area contributed by atoms with Crippen molar-refractivity contribution in [3.8, 4) is 0 Å². The molecule has 1 aromatic carbocycles. The molecular weight excluding hydrogens is 304 g/mol. The van der Waals surface area contributed by atoms with E-state index < -0.39 is 6.09 Å². The number of methoxy groups -OCH3 is 1. The van der Waals surface area contributed by atoms with Crippen LogP contribution in [0.3, 0.4) is 0 Å². The van der Waals surface area contributed by atoms with E-state index in [0.717, 1.165) is 6.42 Å².